The van der Waals surface area contributed by atoms with Crippen LogP contribution in [0.15, 0.2) is 84.9 Å². The van der Waals surface area contributed by atoms with Crippen molar-refractivity contribution in [3.8, 4) is 11.4 Å². The van der Waals surface area contributed by atoms with E-state index in [2.05, 4.69) is 39.4 Å². The minimum Gasteiger partial charge on any atom is -0.352 e. The van der Waals surface area contributed by atoms with Gasteiger partial charge in [0.15, 0.2) is 5.82 Å². The molecule has 0 aliphatic rings. The Balaban J connectivity index is 1.99. The standard InChI is InChI=1S/C22H23N5/c1-17(2)23-21-25-20(18-13-9-8-10-14-18)26-22(27-21)24-19-15-11-6-4-3-5-7-12-16-19/h3-17H,1-2H3,(H2,23,24,25,26,27). The van der Waals surface area contributed by atoms with Crippen molar-refractivity contribution in [2.75, 3.05) is 10.6 Å². The second kappa shape index (κ2) is 9.29. The lowest BCUT2D eigenvalue weighted by Crippen LogP contribution is -2.14. The summed E-state index contributed by atoms with van der Waals surface area (Å²) >= 11 is 0. The molecule has 2 aromatic carbocycles. The molecule has 0 fully saturated rings. The maximum Gasteiger partial charge on any atom is 0.232 e. The van der Waals surface area contributed by atoms with Crippen LogP contribution in [0.3, 0.4) is 0 Å². The van der Waals surface area contributed by atoms with Crippen LogP contribution in [0.25, 0.3) is 11.4 Å². The molecule has 5 heteroatoms. The summed E-state index contributed by atoms with van der Waals surface area (Å²) in [5.74, 6) is 1.66. The van der Waals surface area contributed by atoms with Crippen molar-refractivity contribution in [2.45, 2.75) is 19.9 Å². The quantitative estimate of drug-likeness (QED) is 0.655. The Kier molecular flexibility index (Phi) is 6.30. The van der Waals surface area contributed by atoms with Gasteiger partial charge in [-0.15, -0.1) is 0 Å². The summed E-state index contributed by atoms with van der Waals surface area (Å²) in [5, 5.41) is 6.54. The number of aromatic nitrogens is 3. The third-order valence-electron chi connectivity index (χ3n) is 3.56. The normalized spacial score (nSPS) is 10.2. The molecule has 136 valence electrons. The zero-order valence-corrected chi connectivity index (χ0v) is 15.5. The number of hydrogen-bond donors (Lipinski definition) is 2. The first-order valence-electron chi connectivity index (χ1n) is 8.94. The van der Waals surface area contributed by atoms with Crippen LogP contribution in [0.1, 0.15) is 13.8 Å². The zero-order chi connectivity index (χ0) is 18.9. The number of benzene rings is 1. The molecule has 0 unspecified atom stereocenters. The molecule has 0 bridgehead atoms. The lowest BCUT2D eigenvalue weighted by atomic mass is 10.2. The highest BCUT2D eigenvalue weighted by molar-refractivity contribution is 5.60. The Morgan fingerprint density at radius 1 is 0.630 bits per heavy atom. The fraction of sp³-hybridized carbons (Fsp3) is 0.136. The number of hydrogen-bond acceptors (Lipinski definition) is 5. The van der Waals surface area contributed by atoms with Crippen LogP contribution in [0.4, 0.5) is 17.6 Å². The summed E-state index contributed by atoms with van der Waals surface area (Å²) in [6.45, 7) is 4.10. The maximum atomic E-state index is 4.60. The minimum absolute atomic E-state index is 0.219. The molecule has 0 radical (unpaired) electrons. The second-order valence-corrected chi connectivity index (χ2v) is 6.23. The molecule has 0 spiro atoms. The summed E-state index contributed by atoms with van der Waals surface area (Å²) in [4.78, 5) is 13.7. The van der Waals surface area contributed by atoms with Crippen LogP contribution in [-0.2, 0) is 0 Å². The van der Waals surface area contributed by atoms with Gasteiger partial charge in [0.05, 0.1) is 0 Å². The summed E-state index contributed by atoms with van der Waals surface area (Å²) in [5.41, 5.74) is 1.82. The average Bonchev–Trinajstić information content (AvgIpc) is 2.67. The predicted molar refractivity (Wildman–Crippen MR) is 111 cm³/mol. The largest absolute Gasteiger partial charge is 0.352 e. The van der Waals surface area contributed by atoms with Crippen molar-refractivity contribution in [3.63, 3.8) is 0 Å². The Morgan fingerprint density at radius 3 is 1.78 bits per heavy atom. The number of anilines is 3. The van der Waals surface area contributed by atoms with Crippen LogP contribution in [0.2, 0.25) is 0 Å². The highest BCUT2D eigenvalue weighted by Crippen LogP contribution is 2.19. The Bertz CT molecular complexity index is 899. The molecule has 0 aliphatic carbocycles. The smallest absolute Gasteiger partial charge is 0.232 e. The summed E-state index contributed by atoms with van der Waals surface area (Å²) < 4.78 is 0. The van der Waals surface area contributed by atoms with Gasteiger partial charge in [-0.2, -0.15) is 15.0 Å². The molecule has 0 atom stereocenters. The number of nitrogens with zero attached hydrogens (tertiary/aromatic N) is 3. The molecule has 3 aromatic rings. The second-order valence-electron chi connectivity index (χ2n) is 6.23. The number of nitrogens with one attached hydrogen (secondary N) is 2. The van der Waals surface area contributed by atoms with Crippen molar-refractivity contribution in [1.29, 1.82) is 0 Å². The molecular weight excluding hydrogens is 334 g/mol. The number of rotatable bonds is 5. The van der Waals surface area contributed by atoms with Gasteiger partial charge in [0.2, 0.25) is 11.9 Å². The van der Waals surface area contributed by atoms with Crippen LogP contribution >= 0.6 is 0 Å². The minimum atomic E-state index is 0.219. The fourth-order valence-corrected chi connectivity index (χ4v) is 2.38. The van der Waals surface area contributed by atoms with Gasteiger partial charge >= 0.3 is 0 Å². The van der Waals surface area contributed by atoms with E-state index >= 15 is 0 Å². The maximum absolute atomic E-state index is 4.60. The zero-order valence-electron chi connectivity index (χ0n) is 15.5. The van der Waals surface area contributed by atoms with Crippen LogP contribution in [-0.4, -0.2) is 21.0 Å². The third kappa shape index (κ3) is 5.78. The Morgan fingerprint density at radius 2 is 1.15 bits per heavy atom. The Hall–Kier alpha value is -3.47. The molecule has 27 heavy (non-hydrogen) atoms. The molecular formula is C22H23N5. The van der Waals surface area contributed by atoms with E-state index in [1.165, 1.54) is 0 Å². The van der Waals surface area contributed by atoms with Crippen LogP contribution in [0, 0.1) is 0 Å². The first kappa shape index (κ1) is 18.3. The van der Waals surface area contributed by atoms with Gasteiger partial charge < -0.3 is 10.6 Å². The first-order chi connectivity index (χ1) is 13.2. The van der Waals surface area contributed by atoms with Gasteiger partial charge in [-0.1, -0.05) is 72.8 Å². The fourth-order valence-electron chi connectivity index (χ4n) is 2.38. The molecule has 2 N–H and O–H groups in total. The summed E-state index contributed by atoms with van der Waals surface area (Å²) in [6.07, 6.45) is 0. The van der Waals surface area contributed by atoms with E-state index in [-0.39, 0.29) is 6.04 Å². The Labute approximate surface area is 159 Å². The SMILES string of the molecule is CC(C)Nc1nc(Nc2ccccccccc2)nc(-c2ccccc2)n1. The van der Waals surface area contributed by atoms with E-state index in [1.807, 2.05) is 84.9 Å². The van der Waals surface area contributed by atoms with Gasteiger partial charge in [-0.25, -0.2) is 0 Å². The van der Waals surface area contributed by atoms with Gasteiger partial charge in [0, 0.05) is 17.3 Å². The van der Waals surface area contributed by atoms with E-state index in [0.717, 1.165) is 11.3 Å². The van der Waals surface area contributed by atoms with Crippen molar-refractivity contribution < 1.29 is 0 Å². The summed E-state index contributed by atoms with van der Waals surface area (Å²) in [7, 11) is 0. The van der Waals surface area contributed by atoms with Crippen molar-refractivity contribution >= 4 is 17.6 Å². The molecule has 0 saturated carbocycles. The first-order valence-corrected chi connectivity index (χ1v) is 8.94. The molecule has 0 aliphatic heterocycles. The molecule has 0 amide bonds. The van der Waals surface area contributed by atoms with Gasteiger partial charge in [0.1, 0.15) is 0 Å². The van der Waals surface area contributed by atoms with Gasteiger partial charge in [-0.3, -0.25) is 0 Å². The van der Waals surface area contributed by atoms with E-state index in [1.54, 1.807) is 0 Å². The van der Waals surface area contributed by atoms with Crippen molar-refractivity contribution in [3.05, 3.63) is 84.9 Å². The van der Waals surface area contributed by atoms with Crippen molar-refractivity contribution in [2.24, 2.45) is 0 Å². The molecule has 1 heterocycles. The van der Waals surface area contributed by atoms with E-state index in [4.69, 9.17) is 0 Å². The lowest BCUT2D eigenvalue weighted by Gasteiger charge is -2.12. The van der Waals surface area contributed by atoms with E-state index < -0.39 is 0 Å². The van der Waals surface area contributed by atoms with Gasteiger partial charge in [-0.05, 0) is 26.0 Å². The topological polar surface area (TPSA) is 62.7 Å². The predicted octanol–water partition coefficient (Wildman–Crippen LogP) is 5.23. The average molecular weight is 357 g/mol. The molecule has 0 saturated heterocycles. The van der Waals surface area contributed by atoms with Crippen LogP contribution < -0.4 is 10.6 Å². The highest BCUT2D eigenvalue weighted by Gasteiger charge is 2.09. The van der Waals surface area contributed by atoms with E-state index in [9.17, 15) is 0 Å². The highest BCUT2D eigenvalue weighted by atomic mass is 15.2. The monoisotopic (exact) mass is 357 g/mol. The van der Waals surface area contributed by atoms with Gasteiger partial charge in [0.25, 0.3) is 0 Å². The lowest BCUT2D eigenvalue weighted by molar-refractivity contribution is 0.869. The van der Waals surface area contributed by atoms with Crippen LogP contribution in [0.5, 0.6) is 0 Å². The summed E-state index contributed by atoms with van der Waals surface area (Å²) in [6, 6.07) is 27.9. The van der Waals surface area contributed by atoms with E-state index in [0.29, 0.717) is 17.7 Å². The molecule has 1 aromatic heterocycles. The molecule has 3 rings (SSSR count). The van der Waals surface area contributed by atoms with Crippen molar-refractivity contribution in [1.82, 2.24) is 15.0 Å². The molecule has 5 nitrogen and oxygen atoms in total. The third-order valence-corrected chi connectivity index (χ3v) is 3.56.